The number of hydrogen-bond acceptors (Lipinski definition) is 6. The lowest BCUT2D eigenvalue weighted by Crippen LogP contribution is -2.31. The highest BCUT2D eigenvalue weighted by Crippen LogP contribution is 2.20. The highest BCUT2D eigenvalue weighted by atomic mass is 16.5. The molecule has 0 spiro atoms. The molecule has 0 aromatic carbocycles. The molecule has 2 aromatic rings. The van der Waals surface area contributed by atoms with Gasteiger partial charge in [-0.1, -0.05) is 19.0 Å². The van der Waals surface area contributed by atoms with Crippen molar-refractivity contribution < 1.29 is 4.52 Å². The first-order valence-corrected chi connectivity index (χ1v) is 6.15. The molecule has 0 aliphatic carbocycles. The number of nitrogens with one attached hydrogen (secondary N) is 2. The monoisotopic (exact) mass is 250 g/mol. The normalized spacial score (nSPS) is 14.6. The van der Waals surface area contributed by atoms with Gasteiger partial charge in [0.05, 0.1) is 12.1 Å². The van der Waals surface area contributed by atoms with Gasteiger partial charge in [0.25, 0.3) is 0 Å². The molecule has 18 heavy (non-hydrogen) atoms. The molecule has 0 aliphatic heterocycles. The van der Waals surface area contributed by atoms with Crippen molar-refractivity contribution >= 4 is 0 Å². The van der Waals surface area contributed by atoms with Crippen LogP contribution < -0.4 is 5.32 Å². The summed E-state index contributed by atoms with van der Waals surface area (Å²) in [5.41, 5.74) is 0.589. The number of H-pyrrole nitrogens is 1. The molecule has 7 heteroatoms. The van der Waals surface area contributed by atoms with Crippen LogP contribution in [0.15, 0.2) is 10.7 Å². The van der Waals surface area contributed by atoms with Gasteiger partial charge in [-0.2, -0.15) is 20.4 Å². The van der Waals surface area contributed by atoms with Gasteiger partial charge in [0.2, 0.25) is 11.7 Å². The lowest BCUT2D eigenvalue weighted by atomic mass is 10.0. The third-order valence-electron chi connectivity index (χ3n) is 2.94. The van der Waals surface area contributed by atoms with Crippen molar-refractivity contribution in [2.24, 2.45) is 0 Å². The number of hydrogen-bond donors (Lipinski definition) is 2. The van der Waals surface area contributed by atoms with E-state index >= 15 is 0 Å². The predicted molar refractivity (Wildman–Crippen MR) is 65.8 cm³/mol. The zero-order chi connectivity index (χ0) is 13.0. The van der Waals surface area contributed by atoms with E-state index in [1.807, 2.05) is 0 Å². The quantitative estimate of drug-likeness (QED) is 0.803. The zero-order valence-electron chi connectivity index (χ0n) is 10.8. The van der Waals surface area contributed by atoms with Crippen molar-refractivity contribution in [3.63, 3.8) is 0 Å². The second-order valence-corrected chi connectivity index (χ2v) is 4.34. The SMILES string of the molecule is CCCNC(C)C(C)c1nc(-c2cn[nH]n2)no1. The first kappa shape index (κ1) is 12.7. The van der Waals surface area contributed by atoms with Crippen LogP contribution in [0.5, 0.6) is 0 Å². The lowest BCUT2D eigenvalue weighted by Gasteiger charge is -2.17. The number of nitrogens with zero attached hydrogens (tertiary/aromatic N) is 4. The molecule has 0 fully saturated rings. The van der Waals surface area contributed by atoms with E-state index in [4.69, 9.17) is 4.52 Å². The van der Waals surface area contributed by atoms with Gasteiger partial charge in [-0.15, -0.1) is 0 Å². The van der Waals surface area contributed by atoms with Gasteiger partial charge >= 0.3 is 0 Å². The Morgan fingerprint density at radius 2 is 2.28 bits per heavy atom. The Hall–Kier alpha value is -1.76. The fourth-order valence-corrected chi connectivity index (χ4v) is 1.60. The molecule has 0 radical (unpaired) electrons. The second-order valence-electron chi connectivity index (χ2n) is 4.34. The third kappa shape index (κ3) is 2.73. The van der Waals surface area contributed by atoms with Crippen molar-refractivity contribution in [3.8, 4) is 11.5 Å². The summed E-state index contributed by atoms with van der Waals surface area (Å²) in [5.74, 6) is 1.24. The summed E-state index contributed by atoms with van der Waals surface area (Å²) in [6.45, 7) is 7.29. The van der Waals surface area contributed by atoms with Crippen molar-refractivity contribution in [2.45, 2.75) is 39.2 Å². The fourth-order valence-electron chi connectivity index (χ4n) is 1.60. The minimum absolute atomic E-state index is 0.157. The van der Waals surface area contributed by atoms with E-state index in [0.717, 1.165) is 13.0 Å². The van der Waals surface area contributed by atoms with Gasteiger partial charge in [0.1, 0.15) is 0 Å². The van der Waals surface area contributed by atoms with Crippen LogP contribution in [0.1, 0.15) is 39.0 Å². The first-order chi connectivity index (χ1) is 8.72. The van der Waals surface area contributed by atoms with E-state index in [1.165, 1.54) is 0 Å². The van der Waals surface area contributed by atoms with Crippen molar-refractivity contribution in [3.05, 3.63) is 12.1 Å². The molecule has 2 N–H and O–H groups in total. The summed E-state index contributed by atoms with van der Waals surface area (Å²) in [4.78, 5) is 4.34. The van der Waals surface area contributed by atoms with E-state index in [1.54, 1.807) is 6.20 Å². The summed E-state index contributed by atoms with van der Waals surface area (Å²) in [7, 11) is 0. The number of aromatic amines is 1. The molecule has 2 aromatic heterocycles. The maximum Gasteiger partial charge on any atom is 0.231 e. The summed E-state index contributed by atoms with van der Waals surface area (Å²) >= 11 is 0. The van der Waals surface area contributed by atoms with Crippen molar-refractivity contribution in [1.29, 1.82) is 0 Å². The average Bonchev–Trinajstić information content (AvgIpc) is 3.04. The molecular formula is C11H18N6O. The van der Waals surface area contributed by atoms with Gasteiger partial charge in [-0.25, -0.2) is 0 Å². The van der Waals surface area contributed by atoms with Crippen LogP contribution >= 0.6 is 0 Å². The van der Waals surface area contributed by atoms with Crippen LogP contribution in [0.3, 0.4) is 0 Å². The number of aromatic nitrogens is 5. The van der Waals surface area contributed by atoms with Crippen LogP contribution in [0, 0.1) is 0 Å². The highest BCUT2D eigenvalue weighted by molar-refractivity contribution is 5.44. The van der Waals surface area contributed by atoms with Gasteiger partial charge in [0.15, 0.2) is 5.69 Å². The van der Waals surface area contributed by atoms with E-state index in [0.29, 0.717) is 17.4 Å². The van der Waals surface area contributed by atoms with Crippen LogP contribution in [0.25, 0.3) is 11.5 Å². The van der Waals surface area contributed by atoms with Crippen LogP contribution in [0.2, 0.25) is 0 Å². The molecule has 0 saturated heterocycles. The van der Waals surface area contributed by atoms with Gasteiger partial charge in [-0.3, -0.25) is 0 Å². The lowest BCUT2D eigenvalue weighted by molar-refractivity contribution is 0.331. The maximum atomic E-state index is 5.27. The average molecular weight is 250 g/mol. The maximum absolute atomic E-state index is 5.27. The second kappa shape index (κ2) is 5.72. The van der Waals surface area contributed by atoms with E-state index in [-0.39, 0.29) is 12.0 Å². The molecule has 2 rings (SSSR count). The Labute approximate surface area is 105 Å². The third-order valence-corrected chi connectivity index (χ3v) is 2.94. The molecule has 7 nitrogen and oxygen atoms in total. The predicted octanol–water partition coefficient (Wildman–Crippen LogP) is 1.35. The minimum atomic E-state index is 0.157. The van der Waals surface area contributed by atoms with Crippen LogP contribution in [-0.2, 0) is 0 Å². The molecule has 98 valence electrons. The van der Waals surface area contributed by atoms with Crippen molar-refractivity contribution in [1.82, 2.24) is 30.9 Å². The molecule has 0 bridgehead atoms. The van der Waals surface area contributed by atoms with Gasteiger partial charge in [0, 0.05) is 6.04 Å². The van der Waals surface area contributed by atoms with E-state index < -0.39 is 0 Å². The Morgan fingerprint density at radius 1 is 1.44 bits per heavy atom. The zero-order valence-corrected chi connectivity index (χ0v) is 10.8. The molecular weight excluding hydrogens is 232 g/mol. The molecule has 2 heterocycles. The topological polar surface area (TPSA) is 92.5 Å². The van der Waals surface area contributed by atoms with E-state index in [9.17, 15) is 0 Å². The highest BCUT2D eigenvalue weighted by Gasteiger charge is 2.21. The molecule has 0 amide bonds. The van der Waals surface area contributed by atoms with Crippen LogP contribution in [0.4, 0.5) is 0 Å². The Kier molecular flexibility index (Phi) is 4.03. The Bertz CT molecular complexity index is 466. The summed E-state index contributed by atoms with van der Waals surface area (Å²) in [5, 5.41) is 17.5. The summed E-state index contributed by atoms with van der Waals surface area (Å²) < 4.78 is 5.27. The molecule has 2 unspecified atom stereocenters. The van der Waals surface area contributed by atoms with Gasteiger partial charge in [-0.05, 0) is 19.9 Å². The Balaban J connectivity index is 2.05. The molecule has 0 saturated carbocycles. The fraction of sp³-hybridized carbons (Fsp3) is 0.636. The smallest absolute Gasteiger partial charge is 0.231 e. The minimum Gasteiger partial charge on any atom is -0.339 e. The van der Waals surface area contributed by atoms with Crippen molar-refractivity contribution in [2.75, 3.05) is 6.54 Å². The Morgan fingerprint density at radius 3 is 2.94 bits per heavy atom. The van der Waals surface area contributed by atoms with E-state index in [2.05, 4.69) is 51.6 Å². The summed E-state index contributed by atoms with van der Waals surface area (Å²) in [6, 6.07) is 0.288. The summed E-state index contributed by atoms with van der Waals surface area (Å²) in [6.07, 6.45) is 2.67. The molecule has 2 atom stereocenters. The first-order valence-electron chi connectivity index (χ1n) is 6.15. The molecule has 0 aliphatic rings. The van der Waals surface area contributed by atoms with Gasteiger partial charge < -0.3 is 9.84 Å². The standard InChI is InChI=1S/C11H18N6O/c1-4-5-12-8(3)7(2)11-14-10(16-18-11)9-6-13-17-15-9/h6-8,12H,4-5H2,1-3H3,(H,13,15,17). The van der Waals surface area contributed by atoms with Crippen LogP contribution in [-0.4, -0.2) is 38.1 Å². The largest absolute Gasteiger partial charge is 0.339 e. The number of rotatable bonds is 6.